The number of anilines is 1. The lowest BCUT2D eigenvalue weighted by atomic mass is 9.69. The molecule has 6 N–H and O–H groups in total. The Hall–Kier alpha value is -5.44. The van der Waals surface area contributed by atoms with Crippen LogP contribution in [0.4, 0.5) is 14.9 Å². The van der Waals surface area contributed by atoms with Crippen LogP contribution in [-0.4, -0.2) is 93.2 Å². The molecule has 2 fully saturated rings. The highest BCUT2D eigenvalue weighted by Crippen LogP contribution is 2.40. The van der Waals surface area contributed by atoms with E-state index in [0.29, 0.717) is 50.3 Å². The number of hydrogen-bond donors (Lipinski definition) is 6. The highest BCUT2D eigenvalue weighted by atomic mass is 19.1. The number of carboxylic acid groups (broad SMARTS) is 1. The van der Waals surface area contributed by atoms with Crippen molar-refractivity contribution in [2.24, 2.45) is 11.8 Å². The highest BCUT2D eigenvalue weighted by molar-refractivity contribution is 5.98. The second kappa shape index (κ2) is 18.0. The molecule has 3 aromatic rings. The first-order chi connectivity index (χ1) is 26.9. The summed E-state index contributed by atoms with van der Waals surface area (Å²) in [6, 6.07) is 9.47. The third kappa shape index (κ3) is 9.86. The zero-order valence-electron chi connectivity index (χ0n) is 32.2. The molecule has 14 nitrogen and oxygen atoms in total. The molecule has 4 amide bonds. The van der Waals surface area contributed by atoms with E-state index in [9.17, 15) is 19.2 Å². The largest absolute Gasteiger partial charge is 0.465 e. The number of amides is 4. The second-order valence-electron chi connectivity index (χ2n) is 15.7. The topological polar surface area (TPSA) is 194 Å². The summed E-state index contributed by atoms with van der Waals surface area (Å²) in [7, 11) is 4.19. The third-order valence-electron chi connectivity index (χ3n) is 11.7. The van der Waals surface area contributed by atoms with Gasteiger partial charge in [-0.15, -0.1) is 10.2 Å². The Morgan fingerprint density at radius 3 is 2.39 bits per heavy atom. The van der Waals surface area contributed by atoms with Gasteiger partial charge in [-0.3, -0.25) is 14.4 Å². The quantitative estimate of drug-likeness (QED) is 0.135. The molecular weight excluding hydrogens is 718 g/mol. The van der Waals surface area contributed by atoms with Crippen LogP contribution in [0.2, 0.25) is 0 Å². The van der Waals surface area contributed by atoms with Crippen LogP contribution in [-0.2, 0) is 15.0 Å². The molecule has 0 bridgehead atoms. The number of aromatic nitrogens is 4. The van der Waals surface area contributed by atoms with Crippen LogP contribution in [0.15, 0.2) is 60.7 Å². The Labute approximate surface area is 326 Å². The van der Waals surface area contributed by atoms with E-state index >= 15 is 4.39 Å². The molecule has 0 spiro atoms. The molecule has 6 rings (SSSR count). The van der Waals surface area contributed by atoms with E-state index in [1.54, 1.807) is 6.07 Å². The van der Waals surface area contributed by atoms with E-state index in [1.807, 2.05) is 49.4 Å². The van der Waals surface area contributed by atoms with Crippen molar-refractivity contribution >= 4 is 29.5 Å². The summed E-state index contributed by atoms with van der Waals surface area (Å²) in [6.07, 6.45) is 14.0. The number of rotatable bonds is 13. The molecule has 3 aliphatic carbocycles. The van der Waals surface area contributed by atoms with E-state index in [0.717, 1.165) is 36.8 Å². The summed E-state index contributed by atoms with van der Waals surface area (Å²) in [6.45, 7) is 2.29. The smallest absolute Gasteiger partial charge is 0.404 e. The van der Waals surface area contributed by atoms with Gasteiger partial charge < -0.3 is 31.3 Å². The molecule has 3 aliphatic rings. The number of hydrogen-bond acceptors (Lipinski definition) is 8. The number of benzene rings is 2. The normalized spacial score (nSPS) is 23.9. The van der Waals surface area contributed by atoms with Crippen LogP contribution in [0.1, 0.15) is 85.7 Å². The van der Waals surface area contributed by atoms with Crippen molar-refractivity contribution in [1.29, 1.82) is 0 Å². The number of allylic oxidation sites excluding steroid dienone is 4. The van der Waals surface area contributed by atoms with E-state index in [4.69, 9.17) is 5.11 Å². The molecule has 298 valence electrons. The summed E-state index contributed by atoms with van der Waals surface area (Å²) in [5, 5.41) is 34.0. The molecule has 15 heteroatoms. The molecule has 1 aromatic heterocycles. The zero-order valence-corrected chi connectivity index (χ0v) is 32.2. The van der Waals surface area contributed by atoms with Gasteiger partial charge >= 0.3 is 6.09 Å². The molecule has 1 heterocycles. The van der Waals surface area contributed by atoms with Gasteiger partial charge in [0.05, 0.1) is 5.56 Å². The summed E-state index contributed by atoms with van der Waals surface area (Å²) >= 11 is 0. The van der Waals surface area contributed by atoms with Gasteiger partial charge in [0.25, 0.3) is 5.91 Å². The Kier molecular flexibility index (Phi) is 12.9. The SMILES string of the molecule is Cc1cc(C(=O)NC2CCC(N(C)C)CC2)ccc1C1(C[C@H](NC(=O)[C@H]2CC[C@H](CNC(=O)O)CC2)C(=O)Nc2ccc(-c3nn[nH]n3)c(F)c2)C=CC=CC1. The third-order valence-corrected chi connectivity index (χ3v) is 11.7. The summed E-state index contributed by atoms with van der Waals surface area (Å²) in [5.74, 6) is -1.69. The zero-order chi connectivity index (χ0) is 39.8. The lowest BCUT2D eigenvalue weighted by molar-refractivity contribution is -0.130. The van der Waals surface area contributed by atoms with Crippen molar-refractivity contribution in [3.05, 3.63) is 83.2 Å². The minimum atomic E-state index is -1.07. The molecular formula is C41H52FN9O5. The van der Waals surface area contributed by atoms with Crippen molar-refractivity contribution < 1.29 is 28.7 Å². The van der Waals surface area contributed by atoms with Gasteiger partial charge in [0.2, 0.25) is 17.6 Å². The van der Waals surface area contributed by atoms with Gasteiger partial charge in [-0.1, -0.05) is 30.4 Å². The molecule has 1 unspecified atom stereocenters. The van der Waals surface area contributed by atoms with Crippen LogP contribution in [0.5, 0.6) is 0 Å². The van der Waals surface area contributed by atoms with E-state index in [1.165, 1.54) is 12.1 Å². The lowest BCUT2D eigenvalue weighted by Crippen LogP contribution is -2.50. The van der Waals surface area contributed by atoms with Gasteiger partial charge in [0, 0.05) is 41.2 Å². The fourth-order valence-corrected chi connectivity index (χ4v) is 8.50. The maximum Gasteiger partial charge on any atom is 0.404 e. The van der Waals surface area contributed by atoms with E-state index in [2.05, 4.69) is 60.9 Å². The monoisotopic (exact) mass is 769 g/mol. The summed E-state index contributed by atoms with van der Waals surface area (Å²) in [5.41, 5.74) is 1.96. The maximum absolute atomic E-state index is 15.2. The summed E-state index contributed by atoms with van der Waals surface area (Å²) in [4.78, 5) is 54.8. The Morgan fingerprint density at radius 2 is 1.77 bits per heavy atom. The molecule has 0 saturated heterocycles. The predicted octanol–water partition coefficient (Wildman–Crippen LogP) is 5.26. The number of aromatic amines is 1. The average molecular weight is 770 g/mol. The van der Waals surface area contributed by atoms with Crippen LogP contribution in [0.25, 0.3) is 11.4 Å². The first kappa shape index (κ1) is 40.2. The van der Waals surface area contributed by atoms with Crippen molar-refractivity contribution in [2.45, 2.75) is 94.7 Å². The number of aryl methyl sites for hydroxylation is 1. The molecule has 56 heavy (non-hydrogen) atoms. The number of halogens is 1. The van der Waals surface area contributed by atoms with Crippen molar-refractivity contribution in [2.75, 3.05) is 26.0 Å². The highest BCUT2D eigenvalue weighted by Gasteiger charge is 2.39. The fourth-order valence-electron chi connectivity index (χ4n) is 8.50. The molecule has 2 aromatic carbocycles. The Morgan fingerprint density at radius 1 is 1.00 bits per heavy atom. The van der Waals surface area contributed by atoms with Crippen LogP contribution < -0.4 is 21.3 Å². The van der Waals surface area contributed by atoms with Crippen LogP contribution in [0, 0.1) is 24.6 Å². The fraction of sp³-hybridized carbons (Fsp3) is 0.488. The first-order valence-electron chi connectivity index (χ1n) is 19.4. The van der Waals surface area contributed by atoms with Gasteiger partial charge in [-0.2, -0.15) is 5.21 Å². The predicted molar refractivity (Wildman–Crippen MR) is 209 cm³/mol. The Bertz CT molecular complexity index is 1930. The number of nitrogens with one attached hydrogen (secondary N) is 5. The standard InChI is InChI=1S/C41H52FN9O5/c1-25-21-28(38(53)44-29-12-15-31(16-13-29)51(2)3)11-18-33(25)41(19-5-4-6-20-41)23-35(46-37(52)27-9-7-26(8-10-27)24-43-40(55)56)39(54)45-30-14-17-32(34(42)22-30)36-47-49-50-48-36/h4-6,11,14,17-19,21-22,26-27,29,31,35,43H,7-10,12-13,15-16,20,23-24H2,1-3H3,(H,44,53)(H,45,54)(H,46,52)(H,55,56)(H,47,48,49,50)/t26-,27-,29?,31?,35-,41?/m0/s1. The van der Waals surface area contributed by atoms with Gasteiger partial charge in [0.1, 0.15) is 11.9 Å². The average Bonchev–Trinajstić information content (AvgIpc) is 3.72. The maximum atomic E-state index is 15.2. The van der Waals surface area contributed by atoms with Gasteiger partial charge in [0.15, 0.2) is 0 Å². The van der Waals surface area contributed by atoms with Crippen molar-refractivity contribution in [1.82, 2.24) is 41.5 Å². The van der Waals surface area contributed by atoms with Gasteiger partial charge in [-0.25, -0.2) is 9.18 Å². The number of carbonyl (C=O) groups is 4. The summed E-state index contributed by atoms with van der Waals surface area (Å²) < 4.78 is 15.2. The number of nitrogens with zero attached hydrogens (tertiary/aromatic N) is 4. The first-order valence-corrected chi connectivity index (χ1v) is 19.4. The number of carbonyl (C=O) groups excluding carboxylic acids is 3. The van der Waals surface area contributed by atoms with Crippen LogP contribution >= 0.6 is 0 Å². The van der Waals surface area contributed by atoms with Crippen LogP contribution in [0.3, 0.4) is 0 Å². The van der Waals surface area contributed by atoms with Crippen molar-refractivity contribution in [3.8, 4) is 11.4 Å². The van der Waals surface area contributed by atoms with E-state index < -0.39 is 29.3 Å². The number of tetrazole rings is 1. The molecule has 0 aliphatic heterocycles. The second-order valence-corrected chi connectivity index (χ2v) is 15.7. The molecule has 2 saturated carbocycles. The van der Waals surface area contributed by atoms with Crippen molar-refractivity contribution in [3.63, 3.8) is 0 Å². The molecule has 0 radical (unpaired) electrons. The van der Waals surface area contributed by atoms with E-state index in [-0.39, 0.29) is 53.2 Å². The minimum Gasteiger partial charge on any atom is -0.465 e. The number of H-pyrrole nitrogens is 1. The van der Waals surface area contributed by atoms with Gasteiger partial charge in [-0.05, 0) is 138 Å². The molecule has 2 atom stereocenters. The Balaban J connectivity index is 1.22. The minimum absolute atomic E-state index is 0.0732. The lowest BCUT2D eigenvalue weighted by Gasteiger charge is -2.37.